The first kappa shape index (κ1) is 12.8. The highest BCUT2D eigenvalue weighted by Gasteiger charge is 2.14. The Bertz CT molecular complexity index is 829. The first-order chi connectivity index (χ1) is 10.8. The lowest BCUT2D eigenvalue weighted by Crippen LogP contribution is -2.04. The largest absolute Gasteiger partial charge is 0.454 e. The molecular formula is C16H14N4O2. The lowest BCUT2D eigenvalue weighted by atomic mass is 10.1. The van der Waals surface area contributed by atoms with Crippen molar-refractivity contribution in [1.82, 2.24) is 20.2 Å². The average molecular weight is 294 g/mol. The Morgan fingerprint density at radius 1 is 1.09 bits per heavy atom. The normalized spacial score (nSPS) is 12.6. The zero-order valence-electron chi connectivity index (χ0n) is 12.1. The van der Waals surface area contributed by atoms with Gasteiger partial charge in [-0.25, -0.2) is 0 Å². The monoisotopic (exact) mass is 294 g/mol. The maximum Gasteiger partial charge on any atom is 0.231 e. The smallest absolute Gasteiger partial charge is 0.231 e. The quantitative estimate of drug-likeness (QED) is 0.742. The van der Waals surface area contributed by atoms with Crippen LogP contribution in [-0.4, -0.2) is 27.0 Å². The van der Waals surface area contributed by atoms with Gasteiger partial charge in [0, 0.05) is 5.56 Å². The Morgan fingerprint density at radius 2 is 1.95 bits per heavy atom. The second-order valence-corrected chi connectivity index (χ2v) is 5.15. The molecule has 0 saturated carbocycles. The number of rotatable bonds is 3. The molecule has 1 aliphatic heterocycles. The molecule has 0 spiro atoms. The van der Waals surface area contributed by atoms with E-state index in [9.17, 15) is 0 Å². The van der Waals surface area contributed by atoms with Crippen LogP contribution in [0.2, 0.25) is 0 Å². The summed E-state index contributed by atoms with van der Waals surface area (Å²) < 4.78 is 10.7. The molecule has 110 valence electrons. The molecule has 0 aliphatic carbocycles. The van der Waals surface area contributed by atoms with Gasteiger partial charge in [-0.05, 0) is 35.4 Å². The summed E-state index contributed by atoms with van der Waals surface area (Å²) in [5, 5.41) is 12.7. The van der Waals surface area contributed by atoms with Crippen molar-refractivity contribution < 1.29 is 9.47 Å². The number of aromatic nitrogens is 4. The van der Waals surface area contributed by atoms with Crippen molar-refractivity contribution in [2.45, 2.75) is 13.5 Å². The number of fused-ring (bicyclic) bond motifs is 1. The molecule has 0 bridgehead atoms. The Balaban J connectivity index is 1.59. The van der Waals surface area contributed by atoms with E-state index in [2.05, 4.69) is 15.4 Å². The van der Waals surface area contributed by atoms with Gasteiger partial charge in [0.2, 0.25) is 12.6 Å². The summed E-state index contributed by atoms with van der Waals surface area (Å²) in [7, 11) is 0. The molecule has 1 aliphatic rings. The van der Waals surface area contributed by atoms with Crippen molar-refractivity contribution in [2.24, 2.45) is 0 Å². The molecule has 6 heteroatoms. The summed E-state index contributed by atoms with van der Waals surface area (Å²) in [6.45, 7) is 2.85. The molecule has 0 atom stereocenters. The minimum atomic E-state index is 0.276. The number of aryl methyl sites for hydroxylation is 1. The van der Waals surface area contributed by atoms with E-state index in [4.69, 9.17) is 9.47 Å². The van der Waals surface area contributed by atoms with Crippen LogP contribution < -0.4 is 9.47 Å². The fourth-order valence-corrected chi connectivity index (χ4v) is 2.44. The van der Waals surface area contributed by atoms with Crippen LogP contribution in [0.1, 0.15) is 11.1 Å². The molecule has 0 fully saturated rings. The number of nitrogens with zero attached hydrogens (tertiary/aromatic N) is 4. The fraction of sp³-hybridized carbons (Fsp3) is 0.188. The Labute approximate surface area is 127 Å². The van der Waals surface area contributed by atoms with Crippen LogP contribution in [0.15, 0.2) is 42.5 Å². The zero-order valence-corrected chi connectivity index (χ0v) is 12.1. The van der Waals surface area contributed by atoms with Crippen LogP contribution in [0, 0.1) is 6.92 Å². The molecule has 0 amide bonds. The number of ether oxygens (including phenoxy) is 2. The van der Waals surface area contributed by atoms with Gasteiger partial charge < -0.3 is 9.47 Å². The van der Waals surface area contributed by atoms with Crippen molar-refractivity contribution in [2.75, 3.05) is 6.79 Å². The van der Waals surface area contributed by atoms with Crippen LogP contribution in [0.4, 0.5) is 0 Å². The van der Waals surface area contributed by atoms with Crippen molar-refractivity contribution >= 4 is 0 Å². The summed E-state index contributed by atoms with van der Waals surface area (Å²) in [4.78, 5) is 1.58. The Hall–Kier alpha value is -2.89. The molecule has 0 radical (unpaired) electrons. The van der Waals surface area contributed by atoms with Crippen molar-refractivity contribution in [3.63, 3.8) is 0 Å². The summed E-state index contributed by atoms with van der Waals surface area (Å²) >= 11 is 0. The van der Waals surface area contributed by atoms with E-state index in [1.165, 1.54) is 0 Å². The fourth-order valence-electron chi connectivity index (χ4n) is 2.44. The van der Waals surface area contributed by atoms with Gasteiger partial charge >= 0.3 is 0 Å². The van der Waals surface area contributed by atoms with Gasteiger partial charge in [0.05, 0.1) is 6.54 Å². The van der Waals surface area contributed by atoms with E-state index in [0.717, 1.165) is 28.2 Å². The van der Waals surface area contributed by atoms with Crippen LogP contribution in [0.5, 0.6) is 11.5 Å². The van der Waals surface area contributed by atoms with Gasteiger partial charge in [-0.2, -0.15) is 4.80 Å². The molecule has 6 nitrogen and oxygen atoms in total. The minimum absolute atomic E-state index is 0.276. The van der Waals surface area contributed by atoms with E-state index in [1.54, 1.807) is 4.80 Å². The van der Waals surface area contributed by atoms with Crippen molar-refractivity contribution in [3.05, 3.63) is 53.6 Å². The first-order valence-electron chi connectivity index (χ1n) is 7.02. The molecule has 0 unspecified atom stereocenters. The molecule has 1 aromatic heterocycles. The number of hydrogen-bond acceptors (Lipinski definition) is 5. The van der Waals surface area contributed by atoms with Crippen molar-refractivity contribution in [1.29, 1.82) is 0 Å². The SMILES string of the molecule is Cc1ccccc1-c1nnn(Cc2ccc3c(c2)OCO3)n1. The summed E-state index contributed by atoms with van der Waals surface area (Å²) in [6, 6.07) is 13.8. The molecule has 2 heterocycles. The standard InChI is InChI=1S/C16H14N4O2/c1-11-4-2-3-5-13(11)16-17-19-20(18-16)9-12-6-7-14-15(8-12)22-10-21-14/h2-8H,9-10H2,1H3. The molecular weight excluding hydrogens is 280 g/mol. The predicted octanol–water partition coefficient (Wildman–Crippen LogP) is 2.43. The highest BCUT2D eigenvalue weighted by Crippen LogP contribution is 2.32. The third-order valence-electron chi connectivity index (χ3n) is 3.60. The maximum absolute atomic E-state index is 5.38. The van der Waals surface area contributed by atoms with Gasteiger partial charge in [-0.15, -0.1) is 10.2 Å². The summed E-state index contributed by atoms with van der Waals surface area (Å²) in [6.07, 6.45) is 0. The van der Waals surface area contributed by atoms with Gasteiger partial charge in [0.25, 0.3) is 0 Å². The van der Waals surface area contributed by atoms with E-state index < -0.39 is 0 Å². The molecule has 0 saturated heterocycles. The van der Waals surface area contributed by atoms with E-state index in [0.29, 0.717) is 12.4 Å². The zero-order chi connectivity index (χ0) is 14.9. The molecule has 2 aromatic carbocycles. The third kappa shape index (κ3) is 2.28. The number of benzene rings is 2. The van der Waals surface area contributed by atoms with Gasteiger partial charge in [0.1, 0.15) is 0 Å². The van der Waals surface area contributed by atoms with Crippen LogP contribution in [-0.2, 0) is 6.54 Å². The highest BCUT2D eigenvalue weighted by molar-refractivity contribution is 5.58. The number of tetrazole rings is 1. The maximum atomic E-state index is 5.38. The lowest BCUT2D eigenvalue weighted by Gasteiger charge is -2.02. The Morgan fingerprint density at radius 3 is 2.86 bits per heavy atom. The summed E-state index contributed by atoms with van der Waals surface area (Å²) in [5.74, 6) is 2.17. The average Bonchev–Trinajstić information content (AvgIpc) is 3.16. The van der Waals surface area contributed by atoms with E-state index >= 15 is 0 Å². The first-order valence-corrected chi connectivity index (χ1v) is 7.02. The summed E-state index contributed by atoms with van der Waals surface area (Å²) in [5.41, 5.74) is 3.17. The molecule has 22 heavy (non-hydrogen) atoms. The minimum Gasteiger partial charge on any atom is -0.454 e. The lowest BCUT2D eigenvalue weighted by molar-refractivity contribution is 0.174. The van der Waals surface area contributed by atoms with Crippen molar-refractivity contribution in [3.8, 4) is 22.9 Å². The third-order valence-corrected chi connectivity index (χ3v) is 3.60. The molecule has 0 N–H and O–H groups in total. The number of hydrogen-bond donors (Lipinski definition) is 0. The van der Waals surface area contributed by atoms with Crippen LogP contribution in [0.25, 0.3) is 11.4 Å². The van der Waals surface area contributed by atoms with Gasteiger partial charge in [-0.3, -0.25) is 0 Å². The second-order valence-electron chi connectivity index (χ2n) is 5.15. The highest BCUT2D eigenvalue weighted by atomic mass is 16.7. The van der Waals surface area contributed by atoms with E-state index in [-0.39, 0.29) is 6.79 Å². The Kier molecular flexibility index (Phi) is 3.00. The predicted molar refractivity (Wildman–Crippen MR) is 79.7 cm³/mol. The second kappa shape index (κ2) is 5.14. The van der Waals surface area contributed by atoms with Crippen LogP contribution >= 0.6 is 0 Å². The van der Waals surface area contributed by atoms with Gasteiger partial charge in [0.15, 0.2) is 11.5 Å². The topological polar surface area (TPSA) is 62.1 Å². The molecule has 3 aromatic rings. The van der Waals surface area contributed by atoms with E-state index in [1.807, 2.05) is 49.4 Å². The van der Waals surface area contributed by atoms with Gasteiger partial charge in [-0.1, -0.05) is 30.3 Å². The van der Waals surface area contributed by atoms with Crippen LogP contribution in [0.3, 0.4) is 0 Å². The molecule has 4 rings (SSSR count).